The van der Waals surface area contributed by atoms with Crippen LogP contribution in [0.4, 0.5) is 34.1 Å². The minimum atomic E-state index is 1.14. The van der Waals surface area contributed by atoms with E-state index in [9.17, 15) is 0 Å². The molecule has 1 aliphatic heterocycles. The molecule has 222 valence electrons. The largest absolute Gasteiger partial charge is 0.310 e. The molecule has 0 fully saturated rings. The average Bonchev–Trinajstić information content (AvgIpc) is 3.14. The third kappa shape index (κ3) is 4.84. The fourth-order valence-corrected chi connectivity index (χ4v) is 8.03. The second-order valence-electron chi connectivity index (χ2n) is 11.8. The van der Waals surface area contributed by atoms with Gasteiger partial charge in [-0.15, -0.1) is 0 Å². The van der Waals surface area contributed by atoms with Crippen LogP contribution in [0.2, 0.25) is 0 Å². The summed E-state index contributed by atoms with van der Waals surface area (Å²) < 4.78 is 0. The van der Waals surface area contributed by atoms with E-state index < -0.39 is 0 Å². The van der Waals surface area contributed by atoms with Gasteiger partial charge in [-0.1, -0.05) is 121 Å². The van der Waals surface area contributed by atoms with Crippen LogP contribution in [-0.2, 0) is 0 Å². The van der Waals surface area contributed by atoms with Gasteiger partial charge in [0.1, 0.15) is 0 Å². The van der Waals surface area contributed by atoms with E-state index in [4.69, 9.17) is 0 Å². The van der Waals surface area contributed by atoms with Crippen molar-refractivity contribution in [2.45, 2.75) is 9.79 Å². The molecule has 0 aliphatic carbocycles. The first-order valence-corrected chi connectivity index (χ1v) is 16.8. The van der Waals surface area contributed by atoms with Gasteiger partial charge in [0, 0.05) is 49.0 Å². The summed E-state index contributed by atoms with van der Waals surface area (Å²) in [6, 6.07) is 65.6. The van der Waals surface area contributed by atoms with Crippen molar-refractivity contribution in [1.29, 1.82) is 0 Å². The zero-order valence-corrected chi connectivity index (χ0v) is 26.4. The van der Waals surface area contributed by atoms with Crippen molar-refractivity contribution in [3.05, 3.63) is 182 Å². The Hall–Kier alpha value is -5.77. The summed E-state index contributed by atoms with van der Waals surface area (Å²) in [6.45, 7) is 0. The van der Waals surface area contributed by atoms with E-state index in [1.165, 1.54) is 48.2 Å². The first-order valence-electron chi connectivity index (χ1n) is 15.9. The van der Waals surface area contributed by atoms with Crippen molar-refractivity contribution in [3.8, 4) is 11.1 Å². The van der Waals surface area contributed by atoms with Gasteiger partial charge in [0.05, 0.1) is 5.69 Å². The van der Waals surface area contributed by atoms with Gasteiger partial charge in [-0.25, -0.2) is 0 Å². The van der Waals surface area contributed by atoms with Gasteiger partial charge in [0.15, 0.2) is 0 Å². The number of rotatable bonds is 6. The summed E-state index contributed by atoms with van der Waals surface area (Å²) in [5, 5.41) is 5.02. The van der Waals surface area contributed by atoms with Crippen molar-refractivity contribution in [2.75, 3.05) is 9.80 Å². The lowest BCUT2D eigenvalue weighted by Crippen LogP contribution is -2.11. The number of benzene rings is 8. The highest BCUT2D eigenvalue weighted by atomic mass is 32.2. The van der Waals surface area contributed by atoms with E-state index in [0.717, 1.165) is 28.4 Å². The van der Waals surface area contributed by atoms with Crippen LogP contribution in [0.25, 0.3) is 32.7 Å². The lowest BCUT2D eigenvalue weighted by molar-refractivity contribution is 1.26. The highest BCUT2D eigenvalue weighted by Gasteiger charge is 2.25. The first-order chi connectivity index (χ1) is 23.3. The molecule has 0 spiro atoms. The number of hydrogen-bond acceptors (Lipinski definition) is 3. The molecule has 47 heavy (non-hydrogen) atoms. The van der Waals surface area contributed by atoms with Crippen LogP contribution in [0.1, 0.15) is 0 Å². The molecule has 3 heteroatoms. The van der Waals surface area contributed by atoms with Crippen LogP contribution in [0.15, 0.2) is 192 Å². The van der Waals surface area contributed by atoms with Crippen molar-refractivity contribution < 1.29 is 0 Å². The van der Waals surface area contributed by atoms with Gasteiger partial charge in [0.2, 0.25) is 0 Å². The van der Waals surface area contributed by atoms with Crippen molar-refractivity contribution >= 4 is 67.4 Å². The Kier molecular flexibility index (Phi) is 6.76. The summed E-state index contributed by atoms with van der Waals surface area (Å²) >= 11 is 1.87. The number of fused-ring (bicyclic) bond motifs is 3. The Bertz CT molecular complexity index is 2350. The Morgan fingerprint density at radius 2 is 0.915 bits per heavy atom. The summed E-state index contributed by atoms with van der Waals surface area (Å²) in [5.74, 6) is 0. The maximum absolute atomic E-state index is 2.40. The van der Waals surface area contributed by atoms with Crippen LogP contribution in [0.5, 0.6) is 0 Å². The standard InChI is InChI=1S/C44H30N2S/c1-4-15-33(16-5-1)45(34-17-6-2-7-18-34)37-25-26-38-39-27-28-41(40-21-12-22-42(44(39)40)47-43(38)30-37)46(35-19-8-3-9-20-35)36-24-23-31-13-10-11-14-32(31)29-36/h1-30H. The lowest BCUT2D eigenvalue weighted by Gasteiger charge is -2.30. The molecule has 0 radical (unpaired) electrons. The zero-order valence-electron chi connectivity index (χ0n) is 25.6. The number of anilines is 6. The molecule has 2 nitrogen and oxygen atoms in total. The van der Waals surface area contributed by atoms with E-state index in [-0.39, 0.29) is 0 Å². The molecule has 0 saturated heterocycles. The molecule has 0 N–H and O–H groups in total. The third-order valence-electron chi connectivity index (χ3n) is 8.99. The minimum Gasteiger partial charge on any atom is -0.310 e. The Morgan fingerprint density at radius 1 is 0.340 bits per heavy atom. The van der Waals surface area contributed by atoms with Crippen LogP contribution in [0.3, 0.4) is 0 Å². The number of nitrogens with zero attached hydrogens (tertiary/aromatic N) is 2. The zero-order chi connectivity index (χ0) is 31.2. The molecular formula is C44H30N2S. The number of para-hydroxylation sites is 3. The van der Waals surface area contributed by atoms with Crippen LogP contribution < -0.4 is 9.80 Å². The van der Waals surface area contributed by atoms with Gasteiger partial charge in [-0.3, -0.25) is 0 Å². The van der Waals surface area contributed by atoms with Gasteiger partial charge in [0.25, 0.3) is 0 Å². The molecular weight excluding hydrogens is 589 g/mol. The topological polar surface area (TPSA) is 6.48 Å². The van der Waals surface area contributed by atoms with Gasteiger partial charge in [-0.2, -0.15) is 0 Å². The Labute approximate surface area is 279 Å². The van der Waals surface area contributed by atoms with Crippen LogP contribution in [0, 0.1) is 0 Å². The van der Waals surface area contributed by atoms with Gasteiger partial charge >= 0.3 is 0 Å². The molecule has 9 rings (SSSR count). The minimum absolute atomic E-state index is 1.14. The van der Waals surface area contributed by atoms with Crippen molar-refractivity contribution in [2.24, 2.45) is 0 Å². The van der Waals surface area contributed by atoms with Gasteiger partial charge in [-0.05, 0) is 94.7 Å². The predicted molar refractivity (Wildman–Crippen MR) is 200 cm³/mol. The molecule has 0 bridgehead atoms. The average molecular weight is 619 g/mol. The fraction of sp³-hybridized carbons (Fsp3) is 0. The SMILES string of the molecule is c1ccc(N(c2ccccc2)c2ccc3c(c2)Sc2cccc4c(N(c5ccccc5)c5ccc6ccccc6c5)ccc-3c24)cc1. The van der Waals surface area contributed by atoms with Crippen molar-refractivity contribution in [3.63, 3.8) is 0 Å². The molecule has 8 aromatic rings. The van der Waals surface area contributed by atoms with E-state index in [0.29, 0.717) is 0 Å². The molecule has 1 heterocycles. The Morgan fingerprint density at radius 3 is 1.62 bits per heavy atom. The normalized spacial score (nSPS) is 11.7. The monoisotopic (exact) mass is 618 g/mol. The molecule has 0 unspecified atom stereocenters. The highest BCUT2D eigenvalue weighted by Crippen LogP contribution is 2.52. The van der Waals surface area contributed by atoms with Gasteiger partial charge < -0.3 is 9.80 Å². The second-order valence-corrected chi connectivity index (χ2v) is 12.9. The lowest BCUT2D eigenvalue weighted by atomic mass is 9.95. The molecule has 8 aromatic carbocycles. The van der Waals surface area contributed by atoms with E-state index in [1.54, 1.807) is 0 Å². The maximum Gasteiger partial charge on any atom is 0.0540 e. The molecule has 0 atom stereocenters. The quantitative estimate of drug-likeness (QED) is 0.183. The summed E-state index contributed by atoms with van der Waals surface area (Å²) in [7, 11) is 0. The van der Waals surface area contributed by atoms with E-state index >= 15 is 0 Å². The highest BCUT2D eigenvalue weighted by molar-refractivity contribution is 7.99. The molecule has 0 aromatic heterocycles. The van der Waals surface area contributed by atoms with Crippen LogP contribution in [-0.4, -0.2) is 0 Å². The number of hydrogen-bond donors (Lipinski definition) is 0. The third-order valence-corrected chi connectivity index (χ3v) is 10.1. The van der Waals surface area contributed by atoms with E-state index in [1.807, 2.05) is 11.8 Å². The summed E-state index contributed by atoms with van der Waals surface area (Å²) in [6.07, 6.45) is 0. The molecule has 0 saturated carbocycles. The molecule has 1 aliphatic rings. The predicted octanol–water partition coefficient (Wildman–Crippen LogP) is 13.1. The fourth-order valence-electron chi connectivity index (χ4n) is 6.86. The second kappa shape index (κ2) is 11.5. The maximum atomic E-state index is 2.40. The van der Waals surface area contributed by atoms with E-state index in [2.05, 4.69) is 192 Å². The summed E-state index contributed by atoms with van der Waals surface area (Å²) in [5.41, 5.74) is 9.43. The molecule has 0 amide bonds. The Balaban J connectivity index is 1.20. The first kappa shape index (κ1) is 27.5. The smallest absolute Gasteiger partial charge is 0.0540 e. The van der Waals surface area contributed by atoms with Crippen LogP contribution >= 0.6 is 11.8 Å². The summed E-state index contributed by atoms with van der Waals surface area (Å²) in [4.78, 5) is 7.28. The van der Waals surface area contributed by atoms with Crippen molar-refractivity contribution in [1.82, 2.24) is 0 Å².